The summed E-state index contributed by atoms with van der Waals surface area (Å²) in [6.45, 7) is 4.05. The highest BCUT2D eigenvalue weighted by Crippen LogP contribution is 2.02. The first-order chi connectivity index (χ1) is 9.54. The van der Waals surface area contributed by atoms with Gasteiger partial charge in [-0.15, -0.1) is 0 Å². The van der Waals surface area contributed by atoms with Gasteiger partial charge in [0.25, 0.3) is 0 Å². The number of unbranched alkanes of at least 4 members (excludes halogenated alkanes) is 2. The van der Waals surface area contributed by atoms with Gasteiger partial charge in [0.05, 0.1) is 11.4 Å². The van der Waals surface area contributed by atoms with E-state index < -0.39 is 0 Å². The smallest absolute Gasteiger partial charge is 0.186 e. The van der Waals surface area contributed by atoms with E-state index in [1.807, 2.05) is 6.92 Å². The Hall–Kier alpha value is -1.28. The molecule has 0 rings (SSSR count). The van der Waals surface area contributed by atoms with Crippen molar-refractivity contribution >= 4 is 46.1 Å². The van der Waals surface area contributed by atoms with Gasteiger partial charge in [-0.2, -0.15) is 10.2 Å². The van der Waals surface area contributed by atoms with Crippen LogP contribution in [0.2, 0.25) is 0 Å². The number of hydrazone groups is 2. The predicted molar refractivity (Wildman–Crippen MR) is 94.3 cm³/mol. The molecule has 0 radical (unpaired) electrons. The van der Waals surface area contributed by atoms with Crippen molar-refractivity contribution < 1.29 is 0 Å². The maximum absolute atomic E-state index is 5.00. The summed E-state index contributed by atoms with van der Waals surface area (Å²) in [6.07, 6.45) is 4.22. The van der Waals surface area contributed by atoms with Crippen LogP contribution < -0.4 is 21.5 Å². The average Bonchev–Trinajstić information content (AvgIpc) is 2.47. The van der Waals surface area contributed by atoms with E-state index in [0.717, 1.165) is 37.1 Å². The molecule has 0 aliphatic rings. The van der Waals surface area contributed by atoms with Crippen LogP contribution in [0.4, 0.5) is 0 Å². The van der Waals surface area contributed by atoms with Gasteiger partial charge in [-0.05, 0) is 44.2 Å². The van der Waals surface area contributed by atoms with Crippen molar-refractivity contribution in [2.45, 2.75) is 39.5 Å². The van der Waals surface area contributed by atoms with Gasteiger partial charge in [0.1, 0.15) is 0 Å². The lowest BCUT2D eigenvalue weighted by atomic mass is 10.1. The quantitative estimate of drug-likeness (QED) is 0.247. The second-order valence-corrected chi connectivity index (χ2v) is 4.91. The van der Waals surface area contributed by atoms with Crippen LogP contribution in [-0.2, 0) is 0 Å². The normalized spacial score (nSPS) is 11.8. The Bertz CT molecular complexity index is 378. The fourth-order valence-electron chi connectivity index (χ4n) is 1.29. The molecule has 0 aliphatic carbocycles. The molecule has 6 nitrogen and oxygen atoms in total. The molecule has 0 unspecified atom stereocenters. The van der Waals surface area contributed by atoms with E-state index in [1.54, 1.807) is 14.1 Å². The molecule has 4 N–H and O–H groups in total. The van der Waals surface area contributed by atoms with Crippen molar-refractivity contribution in [1.82, 2.24) is 21.5 Å². The zero-order valence-electron chi connectivity index (χ0n) is 12.5. The minimum absolute atomic E-state index is 0.468. The third kappa shape index (κ3) is 8.76. The predicted octanol–water partition coefficient (Wildman–Crippen LogP) is 1.49. The minimum atomic E-state index is 0.468. The molecule has 0 saturated carbocycles. The van der Waals surface area contributed by atoms with E-state index in [4.69, 9.17) is 24.4 Å². The molecular formula is C12H24N6S2. The van der Waals surface area contributed by atoms with Crippen LogP contribution in [0.3, 0.4) is 0 Å². The second-order valence-electron chi connectivity index (χ2n) is 4.09. The molecule has 0 aromatic carbocycles. The molecule has 0 amide bonds. The van der Waals surface area contributed by atoms with Crippen LogP contribution in [0, 0.1) is 0 Å². The highest BCUT2D eigenvalue weighted by atomic mass is 32.1. The first-order valence-corrected chi connectivity index (χ1v) is 7.43. The van der Waals surface area contributed by atoms with Gasteiger partial charge in [0.2, 0.25) is 0 Å². The van der Waals surface area contributed by atoms with Crippen molar-refractivity contribution in [3.63, 3.8) is 0 Å². The van der Waals surface area contributed by atoms with Crippen LogP contribution in [-0.4, -0.2) is 35.7 Å². The zero-order chi connectivity index (χ0) is 15.4. The third-order valence-corrected chi connectivity index (χ3v) is 3.10. The molecule has 0 aliphatic heterocycles. The van der Waals surface area contributed by atoms with Crippen molar-refractivity contribution in [3.8, 4) is 0 Å². The van der Waals surface area contributed by atoms with E-state index in [9.17, 15) is 0 Å². The molecule has 0 saturated heterocycles. The minimum Gasteiger partial charge on any atom is -0.364 e. The molecule has 20 heavy (non-hydrogen) atoms. The summed E-state index contributed by atoms with van der Waals surface area (Å²) in [6, 6.07) is 0. The maximum atomic E-state index is 5.00. The number of nitrogens with one attached hydrogen (secondary N) is 4. The lowest BCUT2D eigenvalue weighted by Gasteiger charge is -2.09. The van der Waals surface area contributed by atoms with E-state index in [2.05, 4.69) is 38.6 Å². The van der Waals surface area contributed by atoms with Crippen molar-refractivity contribution in [2.75, 3.05) is 14.1 Å². The Morgan fingerprint density at radius 1 is 0.950 bits per heavy atom. The molecule has 0 spiro atoms. The number of nitrogens with zero attached hydrogens (tertiary/aromatic N) is 2. The number of hydrogen-bond donors (Lipinski definition) is 4. The Morgan fingerprint density at radius 3 is 2.00 bits per heavy atom. The summed E-state index contributed by atoms with van der Waals surface area (Å²) in [4.78, 5) is 0. The van der Waals surface area contributed by atoms with Gasteiger partial charge in [0.15, 0.2) is 10.2 Å². The Balaban J connectivity index is 4.71. The maximum Gasteiger partial charge on any atom is 0.186 e. The summed E-state index contributed by atoms with van der Waals surface area (Å²) in [5.74, 6) is 0. The zero-order valence-corrected chi connectivity index (χ0v) is 14.2. The van der Waals surface area contributed by atoms with E-state index in [-0.39, 0.29) is 0 Å². The fraction of sp³-hybridized carbons (Fsp3) is 0.667. The average molecular weight is 316 g/mol. The lowest BCUT2D eigenvalue weighted by Crippen LogP contribution is -2.32. The van der Waals surface area contributed by atoms with E-state index >= 15 is 0 Å². The topological polar surface area (TPSA) is 72.8 Å². The summed E-state index contributed by atoms with van der Waals surface area (Å²) >= 11 is 9.98. The van der Waals surface area contributed by atoms with Gasteiger partial charge < -0.3 is 10.6 Å². The number of thiocarbonyl (C=S) groups is 2. The van der Waals surface area contributed by atoms with Crippen LogP contribution >= 0.6 is 24.4 Å². The van der Waals surface area contributed by atoms with Crippen molar-refractivity contribution in [3.05, 3.63) is 0 Å². The Kier molecular flexibility index (Phi) is 10.8. The summed E-state index contributed by atoms with van der Waals surface area (Å²) < 4.78 is 0. The SMILES string of the molecule is CCCCCC(=N\NC(=S)NC)/C(C)=N/NC(=S)NC. The first kappa shape index (κ1) is 18.7. The summed E-state index contributed by atoms with van der Waals surface area (Å²) in [5, 5.41) is 15.1. The van der Waals surface area contributed by atoms with Gasteiger partial charge >= 0.3 is 0 Å². The third-order valence-electron chi connectivity index (χ3n) is 2.51. The fourth-order valence-corrected chi connectivity index (χ4v) is 1.38. The summed E-state index contributed by atoms with van der Waals surface area (Å²) in [5.41, 5.74) is 7.19. The van der Waals surface area contributed by atoms with Crippen LogP contribution in [0.5, 0.6) is 0 Å². The molecular weight excluding hydrogens is 292 g/mol. The second kappa shape index (κ2) is 11.5. The molecule has 114 valence electrons. The summed E-state index contributed by atoms with van der Waals surface area (Å²) in [7, 11) is 3.48. The molecule has 0 atom stereocenters. The Labute approximate surface area is 131 Å². The molecule has 0 aromatic heterocycles. The highest BCUT2D eigenvalue weighted by molar-refractivity contribution is 7.80. The van der Waals surface area contributed by atoms with Gasteiger partial charge in [-0.3, -0.25) is 10.9 Å². The molecule has 0 bridgehead atoms. The van der Waals surface area contributed by atoms with Gasteiger partial charge in [-0.1, -0.05) is 19.8 Å². The molecule has 8 heteroatoms. The largest absolute Gasteiger partial charge is 0.364 e. The number of hydrogen-bond acceptors (Lipinski definition) is 4. The van der Waals surface area contributed by atoms with E-state index in [1.165, 1.54) is 0 Å². The van der Waals surface area contributed by atoms with Crippen molar-refractivity contribution in [2.24, 2.45) is 10.2 Å². The lowest BCUT2D eigenvalue weighted by molar-refractivity contribution is 0.741. The first-order valence-electron chi connectivity index (χ1n) is 6.61. The molecule has 0 heterocycles. The number of rotatable bonds is 7. The van der Waals surface area contributed by atoms with Crippen molar-refractivity contribution in [1.29, 1.82) is 0 Å². The highest BCUT2D eigenvalue weighted by Gasteiger charge is 2.05. The van der Waals surface area contributed by atoms with Gasteiger partial charge in [-0.25, -0.2) is 0 Å². The van der Waals surface area contributed by atoms with E-state index in [0.29, 0.717) is 10.2 Å². The van der Waals surface area contributed by atoms with Crippen LogP contribution in [0.15, 0.2) is 10.2 Å². The van der Waals surface area contributed by atoms with Crippen LogP contribution in [0.1, 0.15) is 39.5 Å². The molecule has 0 aromatic rings. The molecule has 0 fully saturated rings. The standard InChI is InChI=1S/C12H24N6S2/c1-5-6-7-8-10(16-18-12(20)14-4)9(2)15-17-11(19)13-3/h5-8H2,1-4H3,(H2,13,17,19)(H2,14,18,20)/b15-9+,16-10+. The van der Waals surface area contributed by atoms with Gasteiger partial charge in [0, 0.05) is 14.1 Å². The Morgan fingerprint density at radius 2 is 1.50 bits per heavy atom. The monoisotopic (exact) mass is 316 g/mol. The van der Waals surface area contributed by atoms with Crippen LogP contribution in [0.25, 0.3) is 0 Å².